The molecule has 0 bridgehead atoms. The molecule has 0 aliphatic heterocycles. The highest BCUT2D eigenvalue weighted by molar-refractivity contribution is 6.02. The number of carbonyl (C=O) groups excluding carboxylic acids is 1. The predicted molar refractivity (Wildman–Crippen MR) is 88.0 cm³/mol. The maximum Gasteiger partial charge on any atom is 0.278 e. The highest BCUT2D eigenvalue weighted by Crippen LogP contribution is 2.28. The van der Waals surface area contributed by atoms with Crippen LogP contribution in [0.25, 0.3) is 0 Å². The van der Waals surface area contributed by atoms with Crippen LogP contribution in [0.1, 0.15) is 57.7 Å². The lowest BCUT2D eigenvalue weighted by Gasteiger charge is -2.23. The largest absolute Gasteiger partial charge is 0.305 e. The van der Waals surface area contributed by atoms with Crippen LogP contribution in [0.2, 0.25) is 0 Å². The average Bonchev–Trinajstić information content (AvgIpc) is 2.82. The van der Waals surface area contributed by atoms with Crippen LogP contribution in [-0.2, 0) is 11.0 Å². The molecule has 0 saturated heterocycles. The minimum atomic E-state index is -1.01. The molecule has 1 amide bonds. The third-order valence-corrected chi connectivity index (χ3v) is 3.38. The second-order valence-corrected chi connectivity index (χ2v) is 7.69. The van der Waals surface area contributed by atoms with Crippen molar-refractivity contribution in [2.24, 2.45) is 0 Å². The van der Waals surface area contributed by atoms with Crippen molar-refractivity contribution in [2.45, 2.75) is 52.5 Å². The summed E-state index contributed by atoms with van der Waals surface area (Å²) in [4.78, 5) is 15.8. The Morgan fingerprint density at radius 2 is 1.75 bits per heavy atom. The third-order valence-electron chi connectivity index (χ3n) is 3.38. The molecule has 2 aromatic rings. The number of nitrogens with one attached hydrogen (secondary N) is 1. The fourth-order valence-corrected chi connectivity index (χ4v) is 2.11. The summed E-state index contributed by atoms with van der Waals surface area (Å²) >= 11 is 0. The van der Waals surface area contributed by atoms with Gasteiger partial charge >= 0.3 is 0 Å². The molecule has 7 heteroatoms. The summed E-state index contributed by atoms with van der Waals surface area (Å²) in [5.41, 5.74) is -0.272. The van der Waals surface area contributed by atoms with Gasteiger partial charge in [0.1, 0.15) is 11.6 Å². The normalized spacial score (nSPS) is 12.3. The molecule has 0 fully saturated rings. The Morgan fingerprint density at radius 3 is 2.25 bits per heavy atom. The molecule has 0 aliphatic carbocycles. The maximum absolute atomic E-state index is 13.7. The number of rotatable bonds is 2. The van der Waals surface area contributed by atoms with Gasteiger partial charge in [-0.2, -0.15) is 5.10 Å². The molecular weight excluding hydrogens is 314 g/mol. The van der Waals surface area contributed by atoms with E-state index >= 15 is 0 Å². The molecule has 0 atom stereocenters. The lowest BCUT2D eigenvalue weighted by atomic mass is 9.92. The fraction of sp³-hybridized carbons (Fsp3) is 0.471. The van der Waals surface area contributed by atoms with Gasteiger partial charge in [-0.05, 0) is 20.8 Å². The molecular formula is C17H22F2N4O. The van der Waals surface area contributed by atoms with Crippen molar-refractivity contribution in [3.05, 3.63) is 41.4 Å². The van der Waals surface area contributed by atoms with Crippen molar-refractivity contribution < 1.29 is 13.6 Å². The molecule has 24 heavy (non-hydrogen) atoms. The van der Waals surface area contributed by atoms with Crippen molar-refractivity contribution in [3.8, 4) is 0 Å². The average molecular weight is 336 g/mol. The Kier molecular flexibility index (Phi) is 4.48. The van der Waals surface area contributed by atoms with Gasteiger partial charge in [-0.25, -0.2) is 18.4 Å². The van der Waals surface area contributed by atoms with E-state index in [0.717, 1.165) is 11.9 Å². The lowest BCUT2D eigenvalue weighted by Crippen LogP contribution is -2.27. The van der Waals surface area contributed by atoms with E-state index in [1.807, 2.05) is 41.5 Å². The van der Waals surface area contributed by atoms with Crippen LogP contribution in [0, 0.1) is 11.6 Å². The number of carbonyl (C=O) groups is 1. The molecule has 130 valence electrons. The van der Waals surface area contributed by atoms with Gasteiger partial charge in [-0.15, -0.1) is 0 Å². The molecule has 0 radical (unpaired) electrons. The molecule has 1 N–H and O–H groups in total. The number of nitrogens with zero attached hydrogens (tertiary/aromatic N) is 3. The smallest absolute Gasteiger partial charge is 0.278 e. The first-order chi connectivity index (χ1) is 10.9. The van der Waals surface area contributed by atoms with Crippen LogP contribution in [0.5, 0.6) is 0 Å². The maximum atomic E-state index is 13.7. The van der Waals surface area contributed by atoms with Crippen molar-refractivity contribution in [3.63, 3.8) is 0 Å². The predicted octanol–water partition coefficient (Wildman–Crippen LogP) is 3.86. The number of aromatic nitrogens is 3. The van der Waals surface area contributed by atoms with Crippen LogP contribution >= 0.6 is 0 Å². The van der Waals surface area contributed by atoms with E-state index in [2.05, 4.69) is 15.4 Å². The quantitative estimate of drug-likeness (QED) is 0.906. The summed E-state index contributed by atoms with van der Waals surface area (Å²) in [6.45, 7) is 11.9. The third kappa shape index (κ3) is 3.77. The zero-order valence-corrected chi connectivity index (χ0v) is 14.7. The van der Waals surface area contributed by atoms with Gasteiger partial charge in [0, 0.05) is 17.5 Å². The standard InChI is InChI=1S/C17H22F2N4O/c1-16(2,3)12-8-13(23(22-12)17(4,5)6)21-15(24)14-11(19)7-10(18)9-20-14/h7-9H,1-6H3,(H,21,24). The Bertz CT molecular complexity index is 770. The first-order valence-electron chi connectivity index (χ1n) is 7.63. The number of hydrogen-bond acceptors (Lipinski definition) is 3. The molecule has 2 rings (SSSR count). The minimum absolute atomic E-state index is 0.213. The van der Waals surface area contributed by atoms with E-state index in [4.69, 9.17) is 0 Å². The summed E-state index contributed by atoms with van der Waals surface area (Å²) in [5.74, 6) is -2.16. The molecule has 0 aliphatic rings. The second-order valence-electron chi connectivity index (χ2n) is 7.69. The molecule has 2 heterocycles. The topological polar surface area (TPSA) is 59.8 Å². The van der Waals surface area contributed by atoms with Crippen LogP contribution in [0.4, 0.5) is 14.6 Å². The summed E-state index contributed by atoms with van der Waals surface area (Å²) in [7, 11) is 0. The van der Waals surface area contributed by atoms with Gasteiger partial charge in [-0.1, -0.05) is 20.8 Å². The Hall–Kier alpha value is -2.31. The second kappa shape index (κ2) is 5.96. The van der Waals surface area contributed by atoms with E-state index in [1.54, 1.807) is 10.7 Å². The fourth-order valence-electron chi connectivity index (χ4n) is 2.11. The Labute approximate surface area is 140 Å². The van der Waals surface area contributed by atoms with Gasteiger partial charge in [0.25, 0.3) is 5.91 Å². The van der Waals surface area contributed by atoms with Crippen LogP contribution in [0.3, 0.4) is 0 Å². The van der Waals surface area contributed by atoms with E-state index < -0.39 is 23.2 Å². The Balaban J connectivity index is 2.41. The van der Waals surface area contributed by atoms with Crippen molar-refractivity contribution in [2.75, 3.05) is 5.32 Å². The number of pyridine rings is 1. The molecule has 0 spiro atoms. The zero-order valence-electron chi connectivity index (χ0n) is 14.7. The molecule has 2 aromatic heterocycles. The zero-order chi connectivity index (χ0) is 18.3. The Morgan fingerprint density at radius 1 is 1.12 bits per heavy atom. The molecule has 0 unspecified atom stereocenters. The highest BCUT2D eigenvalue weighted by Gasteiger charge is 2.26. The highest BCUT2D eigenvalue weighted by atomic mass is 19.1. The lowest BCUT2D eigenvalue weighted by molar-refractivity contribution is 0.101. The van der Waals surface area contributed by atoms with E-state index in [-0.39, 0.29) is 11.0 Å². The van der Waals surface area contributed by atoms with E-state index in [9.17, 15) is 13.6 Å². The number of hydrogen-bond donors (Lipinski definition) is 1. The summed E-state index contributed by atoms with van der Waals surface area (Å²) in [6.07, 6.45) is 0.805. The molecule has 5 nitrogen and oxygen atoms in total. The first-order valence-corrected chi connectivity index (χ1v) is 7.63. The van der Waals surface area contributed by atoms with Crippen LogP contribution in [-0.4, -0.2) is 20.7 Å². The van der Waals surface area contributed by atoms with Crippen molar-refractivity contribution in [1.29, 1.82) is 0 Å². The van der Waals surface area contributed by atoms with E-state index in [1.165, 1.54) is 0 Å². The van der Waals surface area contributed by atoms with Gasteiger partial charge in [0.05, 0.1) is 17.4 Å². The van der Waals surface area contributed by atoms with Gasteiger partial charge in [-0.3, -0.25) is 4.79 Å². The summed E-state index contributed by atoms with van der Waals surface area (Å²) in [6, 6.07) is 2.38. The van der Waals surface area contributed by atoms with Gasteiger partial charge in [0.2, 0.25) is 0 Å². The monoisotopic (exact) mass is 336 g/mol. The van der Waals surface area contributed by atoms with Crippen molar-refractivity contribution >= 4 is 11.7 Å². The van der Waals surface area contributed by atoms with Gasteiger partial charge < -0.3 is 5.32 Å². The summed E-state index contributed by atoms with van der Waals surface area (Å²) in [5, 5.41) is 7.19. The number of anilines is 1. The van der Waals surface area contributed by atoms with Crippen molar-refractivity contribution in [1.82, 2.24) is 14.8 Å². The molecule has 0 saturated carbocycles. The SMILES string of the molecule is CC(C)(C)c1cc(NC(=O)c2ncc(F)cc2F)n(C(C)(C)C)n1. The first kappa shape index (κ1) is 18.0. The summed E-state index contributed by atoms with van der Waals surface area (Å²) < 4.78 is 28.4. The van der Waals surface area contributed by atoms with Crippen LogP contribution < -0.4 is 5.32 Å². The van der Waals surface area contributed by atoms with E-state index in [0.29, 0.717) is 11.9 Å². The van der Waals surface area contributed by atoms with Crippen LogP contribution in [0.15, 0.2) is 18.3 Å². The van der Waals surface area contributed by atoms with Gasteiger partial charge in [0.15, 0.2) is 11.5 Å². The molecule has 0 aromatic carbocycles. The number of halogens is 2. The number of amides is 1. The minimum Gasteiger partial charge on any atom is -0.305 e.